The summed E-state index contributed by atoms with van der Waals surface area (Å²) < 4.78 is 0. The Morgan fingerprint density at radius 1 is 1.05 bits per heavy atom. The molecule has 2 heterocycles. The van der Waals surface area contributed by atoms with Crippen LogP contribution < -0.4 is 0 Å². The van der Waals surface area contributed by atoms with E-state index in [1.807, 2.05) is 0 Å². The Bertz CT molecular complexity index is 427. The zero-order valence-electron chi connectivity index (χ0n) is 12.3. The number of rotatable bonds is 3. The normalized spacial score (nSPS) is 32.7. The van der Waals surface area contributed by atoms with Crippen LogP contribution in [0.2, 0.25) is 0 Å². The van der Waals surface area contributed by atoms with E-state index in [2.05, 4.69) is 4.90 Å². The topological polar surface area (TPSA) is 81.1 Å². The van der Waals surface area contributed by atoms with Gasteiger partial charge in [-0.05, 0) is 38.8 Å². The van der Waals surface area contributed by atoms with Gasteiger partial charge < -0.3 is 15.1 Å². The molecule has 6 heteroatoms. The van der Waals surface area contributed by atoms with Gasteiger partial charge in [0.2, 0.25) is 5.91 Å². The Morgan fingerprint density at radius 2 is 1.67 bits per heavy atom. The number of aliphatic carboxylic acids is 1. The van der Waals surface area contributed by atoms with Gasteiger partial charge in [-0.1, -0.05) is 12.8 Å². The summed E-state index contributed by atoms with van der Waals surface area (Å²) in [5.41, 5.74) is -0.506. The van der Waals surface area contributed by atoms with E-state index >= 15 is 0 Å². The van der Waals surface area contributed by atoms with E-state index in [-0.39, 0.29) is 18.9 Å². The van der Waals surface area contributed by atoms with E-state index in [1.54, 1.807) is 0 Å². The van der Waals surface area contributed by atoms with Crippen LogP contribution in [0.15, 0.2) is 0 Å². The van der Waals surface area contributed by atoms with Crippen LogP contribution >= 0.6 is 0 Å². The maximum Gasteiger partial charge on any atom is 0.326 e. The fourth-order valence-electron chi connectivity index (χ4n) is 4.31. The van der Waals surface area contributed by atoms with E-state index < -0.39 is 23.7 Å². The van der Waals surface area contributed by atoms with Crippen molar-refractivity contribution in [2.24, 2.45) is 0 Å². The Balaban J connectivity index is 1.85. The molecule has 2 saturated heterocycles. The maximum atomic E-state index is 13.1. The number of carboxylic acid groups (broad SMARTS) is 1. The summed E-state index contributed by atoms with van der Waals surface area (Å²) in [5.74, 6) is -1.07. The monoisotopic (exact) mass is 296 g/mol. The minimum absolute atomic E-state index is 0.0640. The Morgan fingerprint density at radius 3 is 2.24 bits per heavy atom. The number of likely N-dealkylation sites (tertiary alicyclic amines) is 2. The van der Waals surface area contributed by atoms with Crippen LogP contribution in [0, 0.1) is 0 Å². The molecule has 3 fully saturated rings. The number of carboxylic acids is 1. The highest BCUT2D eigenvalue weighted by Gasteiger charge is 2.52. The first-order chi connectivity index (χ1) is 10.0. The molecule has 0 radical (unpaired) electrons. The van der Waals surface area contributed by atoms with E-state index in [0.29, 0.717) is 0 Å². The van der Waals surface area contributed by atoms with Crippen molar-refractivity contribution >= 4 is 11.9 Å². The molecule has 2 N–H and O–H groups in total. The number of hydrogen-bond acceptors (Lipinski definition) is 4. The van der Waals surface area contributed by atoms with Crippen molar-refractivity contribution in [2.75, 3.05) is 19.6 Å². The third kappa shape index (κ3) is 2.44. The third-order valence-electron chi connectivity index (χ3n) is 5.37. The lowest BCUT2D eigenvalue weighted by Crippen LogP contribution is -2.59. The lowest BCUT2D eigenvalue weighted by molar-refractivity contribution is -0.154. The largest absolute Gasteiger partial charge is 0.480 e. The first-order valence-corrected chi connectivity index (χ1v) is 8.01. The van der Waals surface area contributed by atoms with Gasteiger partial charge in [0.15, 0.2) is 0 Å². The molecule has 0 aromatic heterocycles. The fraction of sp³-hybridized carbons (Fsp3) is 0.867. The maximum absolute atomic E-state index is 13.1. The molecule has 6 nitrogen and oxygen atoms in total. The van der Waals surface area contributed by atoms with E-state index in [0.717, 1.165) is 51.6 Å². The molecule has 0 aromatic carbocycles. The molecule has 3 aliphatic rings. The number of carbonyl (C=O) groups is 2. The predicted molar refractivity (Wildman–Crippen MR) is 75.8 cm³/mol. The van der Waals surface area contributed by atoms with Gasteiger partial charge in [-0.3, -0.25) is 9.69 Å². The minimum atomic E-state index is -1.01. The number of β-amino-alcohol motifs (C(OH)–C–C–N with tert-alkyl or cyclic N) is 1. The number of amides is 1. The predicted octanol–water partition coefficient (Wildman–Crippen LogP) is 0.441. The number of carbonyl (C=O) groups excluding carboxylic acids is 1. The first-order valence-electron chi connectivity index (χ1n) is 8.01. The number of aliphatic hydroxyl groups is 1. The average molecular weight is 296 g/mol. The summed E-state index contributed by atoms with van der Waals surface area (Å²) in [7, 11) is 0. The lowest BCUT2D eigenvalue weighted by atomic mass is 9.93. The summed E-state index contributed by atoms with van der Waals surface area (Å²) in [6.45, 7) is 2.02. The first kappa shape index (κ1) is 14.8. The van der Waals surface area contributed by atoms with Gasteiger partial charge >= 0.3 is 5.97 Å². The SMILES string of the molecule is O=C(O)[C@@H]1C[C@@H](O)CN1C(=O)C1(N2CCCC2)CCCC1. The molecule has 3 rings (SSSR count). The molecule has 0 spiro atoms. The van der Waals surface area contributed by atoms with Gasteiger partial charge in [-0.2, -0.15) is 0 Å². The van der Waals surface area contributed by atoms with E-state index in [9.17, 15) is 19.8 Å². The smallest absolute Gasteiger partial charge is 0.326 e. The molecule has 1 aliphatic carbocycles. The number of nitrogens with zero attached hydrogens (tertiary/aromatic N) is 2. The second kappa shape index (κ2) is 5.57. The fourth-order valence-corrected chi connectivity index (χ4v) is 4.31. The minimum Gasteiger partial charge on any atom is -0.480 e. The average Bonchev–Trinajstić information content (AvgIpc) is 3.18. The molecular formula is C15H24N2O4. The van der Waals surface area contributed by atoms with Crippen molar-refractivity contribution in [1.82, 2.24) is 9.80 Å². The summed E-state index contributed by atoms with van der Waals surface area (Å²) in [6.07, 6.45) is 5.35. The van der Waals surface area contributed by atoms with Crippen molar-refractivity contribution in [3.8, 4) is 0 Å². The van der Waals surface area contributed by atoms with Gasteiger partial charge in [0.25, 0.3) is 0 Å². The van der Waals surface area contributed by atoms with E-state index in [1.165, 1.54) is 4.90 Å². The van der Waals surface area contributed by atoms with Crippen LogP contribution in [0.5, 0.6) is 0 Å². The van der Waals surface area contributed by atoms with Crippen molar-refractivity contribution in [1.29, 1.82) is 0 Å². The number of aliphatic hydroxyl groups excluding tert-OH is 1. The zero-order chi connectivity index (χ0) is 15.0. The van der Waals surface area contributed by atoms with Crippen LogP contribution in [-0.2, 0) is 9.59 Å². The molecule has 0 bridgehead atoms. The Kier molecular flexibility index (Phi) is 3.92. The van der Waals surface area contributed by atoms with Gasteiger partial charge in [0.05, 0.1) is 6.10 Å². The van der Waals surface area contributed by atoms with Crippen LogP contribution in [0.3, 0.4) is 0 Å². The van der Waals surface area contributed by atoms with Crippen molar-refractivity contribution in [3.05, 3.63) is 0 Å². The van der Waals surface area contributed by atoms with Crippen LogP contribution in [0.25, 0.3) is 0 Å². The highest BCUT2D eigenvalue weighted by atomic mass is 16.4. The van der Waals surface area contributed by atoms with Crippen LogP contribution in [0.4, 0.5) is 0 Å². The zero-order valence-corrected chi connectivity index (χ0v) is 12.3. The van der Waals surface area contributed by atoms with Crippen LogP contribution in [-0.4, -0.2) is 69.2 Å². The van der Waals surface area contributed by atoms with Crippen molar-refractivity contribution in [2.45, 2.75) is 62.6 Å². The quantitative estimate of drug-likeness (QED) is 0.790. The molecule has 1 saturated carbocycles. The molecular weight excluding hydrogens is 272 g/mol. The Labute approximate surface area is 124 Å². The molecule has 0 unspecified atom stereocenters. The van der Waals surface area contributed by atoms with Gasteiger partial charge in [-0.15, -0.1) is 0 Å². The standard InChI is InChI=1S/C15H24N2O4/c18-11-9-12(13(19)20)17(10-11)14(21)15(5-1-2-6-15)16-7-3-4-8-16/h11-12,18H,1-10H2,(H,19,20)/t11-,12+/m1/s1. The Hall–Kier alpha value is -1.14. The molecule has 1 amide bonds. The second-order valence-electron chi connectivity index (χ2n) is 6.63. The second-order valence-corrected chi connectivity index (χ2v) is 6.63. The van der Waals surface area contributed by atoms with Crippen molar-refractivity contribution < 1.29 is 19.8 Å². The van der Waals surface area contributed by atoms with E-state index in [4.69, 9.17) is 0 Å². The van der Waals surface area contributed by atoms with Crippen molar-refractivity contribution in [3.63, 3.8) is 0 Å². The van der Waals surface area contributed by atoms with Gasteiger partial charge in [0.1, 0.15) is 11.6 Å². The summed E-state index contributed by atoms with van der Waals surface area (Å²) in [6, 6.07) is -0.868. The van der Waals surface area contributed by atoms with Gasteiger partial charge in [0, 0.05) is 13.0 Å². The van der Waals surface area contributed by atoms with Gasteiger partial charge in [-0.25, -0.2) is 4.79 Å². The highest BCUT2D eigenvalue weighted by molar-refractivity contribution is 5.91. The van der Waals surface area contributed by atoms with Crippen LogP contribution in [0.1, 0.15) is 44.9 Å². The third-order valence-corrected chi connectivity index (χ3v) is 5.37. The molecule has 21 heavy (non-hydrogen) atoms. The lowest BCUT2D eigenvalue weighted by Gasteiger charge is -2.40. The summed E-state index contributed by atoms with van der Waals surface area (Å²) in [4.78, 5) is 28.2. The molecule has 2 atom stereocenters. The summed E-state index contributed by atoms with van der Waals surface area (Å²) >= 11 is 0. The highest BCUT2D eigenvalue weighted by Crippen LogP contribution is 2.40. The molecule has 2 aliphatic heterocycles. The molecule has 118 valence electrons. The summed E-state index contributed by atoms with van der Waals surface area (Å²) in [5, 5.41) is 19.1. The molecule has 0 aromatic rings. The number of hydrogen-bond donors (Lipinski definition) is 2.